The molecule has 3 N–H and O–H groups in total. The van der Waals surface area contributed by atoms with Crippen molar-refractivity contribution in [2.24, 2.45) is 0 Å². The molecule has 0 aromatic heterocycles. The Morgan fingerprint density at radius 1 is 1.33 bits per heavy atom. The van der Waals surface area contributed by atoms with Crippen LogP contribution in [-0.4, -0.2) is 6.54 Å². The minimum atomic E-state index is -0.477. The monoisotopic (exact) mass is 268 g/mol. The minimum Gasteiger partial charge on any atom is -0.397 e. The van der Waals surface area contributed by atoms with E-state index in [4.69, 9.17) is 17.3 Å². The van der Waals surface area contributed by atoms with Crippen LogP contribution < -0.4 is 11.1 Å². The maximum atomic E-state index is 13.1. The second-order valence-electron chi connectivity index (χ2n) is 4.64. The van der Waals surface area contributed by atoms with E-state index in [1.165, 1.54) is 37.3 Å². The summed E-state index contributed by atoms with van der Waals surface area (Å²) in [6, 6.07) is 2.80. The van der Waals surface area contributed by atoms with Crippen LogP contribution >= 0.6 is 11.6 Å². The molecule has 0 amide bonds. The topological polar surface area (TPSA) is 38.0 Å². The Morgan fingerprint density at radius 2 is 2.17 bits per heavy atom. The lowest BCUT2D eigenvalue weighted by Gasteiger charge is -2.14. The van der Waals surface area contributed by atoms with Gasteiger partial charge in [-0.2, -0.15) is 0 Å². The highest BCUT2D eigenvalue weighted by atomic mass is 35.5. The average Bonchev–Trinajstić information content (AvgIpc) is 2.37. The van der Waals surface area contributed by atoms with E-state index in [9.17, 15) is 4.39 Å². The fourth-order valence-corrected chi connectivity index (χ4v) is 2.37. The van der Waals surface area contributed by atoms with E-state index in [0.717, 1.165) is 13.0 Å². The first-order valence-electron chi connectivity index (χ1n) is 6.33. The molecule has 0 saturated carbocycles. The molecular formula is C14H18ClFN2. The molecule has 0 heterocycles. The number of nitrogen functional groups attached to an aromatic ring is 1. The van der Waals surface area contributed by atoms with Crippen LogP contribution in [0.1, 0.15) is 32.1 Å². The zero-order valence-electron chi connectivity index (χ0n) is 10.3. The predicted octanol–water partition coefficient (Wildman–Crippen LogP) is 4.36. The van der Waals surface area contributed by atoms with Crippen LogP contribution in [0.25, 0.3) is 0 Å². The van der Waals surface area contributed by atoms with Gasteiger partial charge in [-0.25, -0.2) is 4.39 Å². The third-order valence-corrected chi connectivity index (χ3v) is 3.53. The Balaban J connectivity index is 1.90. The molecule has 1 aromatic rings. The molecule has 2 rings (SSSR count). The largest absolute Gasteiger partial charge is 0.397 e. The summed E-state index contributed by atoms with van der Waals surface area (Å²) in [6.45, 7) is 0.804. The number of nitrogens with one attached hydrogen (secondary N) is 1. The fourth-order valence-electron chi connectivity index (χ4n) is 2.20. The second kappa shape index (κ2) is 6.10. The van der Waals surface area contributed by atoms with E-state index in [1.807, 2.05) is 0 Å². The van der Waals surface area contributed by atoms with E-state index in [-0.39, 0.29) is 5.02 Å². The molecular weight excluding hydrogens is 251 g/mol. The first kappa shape index (κ1) is 13.2. The van der Waals surface area contributed by atoms with Crippen molar-refractivity contribution in [1.82, 2.24) is 0 Å². The van der Waals surface area contributed by atoms with Gasteiger partial charge in [0.2, 0.25) is 0 Å². The molecule has 1 aliphatic carbocycles. The van der Waals surface area contributed by atoms with Crippen molar-refractivity contribution < 1.29 is 4.39 Å². The summed E-state index contributed by atoms with van der Waals surface area (Å²) in [4.78, 5) is 0. The van der Waals surface area contributed by atoms with E-state index in [2.05, 4.69) is 11.4 Å². The molecule has 4 heteroatoms. The zero-order valence-corrected chi connectivity index (χ0v) is 11.1. The highest BCUT2D eigenvalue weighted by Crippen LogP contribution is 2.27. The number of rotatable bonds is 4. The van der Waals surface area contributed by atoms with Crippen LogP contribution in [0.5, 0.6) is 0 Å². The van der Waals surface area contributed by atoms with Crippen molar-refractivity contribution in [2.45, 2.75) is 32.1 Å². The van der Waals surface area contributed by atoms with Crippen molar-refractivity contribution in [2.75, 3.05) is 17.6 Å². The number of hydrogen-bond donors (Lipinski definition) is 2. The van der Waals surface area contributed by atoms with E-state index in [0.29, 0.717) is 11.4 Å². The molecule has 18 heavy (non-hydrogen) atoms. The first-order valence-corrected chi connectivity index (χ1v) is 6.71. The van der Waals surface area contributed by atoms with E-state index in [1.54, 1.807) is 6.07 Å². The summed E-state index contributed by atoms with van der Waals surface area (Å²) in [5.74, 6) is -0.477. The zero-order chi connectivity index (χ0) is 13.0. The Kier molecular flexibility index (Phi) is 4.48. The van der Waals surface area contributed by atoms with Crippen LogP contribution in [0.15, 0.2) is 23.8 Å². The second-order valence-corrected chi connectivity index (χ2v) is 5.05. The van der Waals surface area contributed by atoms with Gasteiger partial charge in [-0.3, -0.25) is 0 Å². The maximum Gasteiger partial charge on any atom is 0.143 e. The molecule has 0 aliphatic heterocycles. The van der Waals surface area contributed by atoms with Crippen LogP contribution in [-0.2, 0) is 0 Å². The summed E-state index contributed by atoms with van der Waals surface area (Å²) < 4.78 is 13.1. The molecule has 0 bridgehead atoms. The van der Waals surface area contributed by atoms with Crippen molar-refractivity contribution in [1.29, 1.82) is 0 Å². The Hall–Kier alpha value is -1.22. The van der Waals surface area contributed by atoms with Crippen molar-refractivity contribution in [3.8, 4) is 0 Å². The lowest BCUT2D eigenvalue weighted by atomic mass is 9.97. The summed E-state index contributed by atoms with van der Waals surface area (Å²) in [7, 11) is 0. The van der Waals surface area contributed by atoms with Crippen LogP contribution in [0.3, 0.4) is 0 Å². The van der Waals surface area contributed by atoms with Gasteiger partial charge in [-0.05, 0) is 38.2 Å². The molecule has 0 atom stereocenters. The van der Waals surface area contributed by atoms with Gasteiger partial charge in [-0.15, -0.1) is 0 Å². The number of halogens is 2. The van der Waals surface area contributed by atoms with Gasteiger partial charge in [-0.1, -0.05) is 23.3 Å². The quantitative estimate of drug-likeness (QED) is 0.629. The van der Waals surface area contributed by atoms with Gasteiger partial charge < -0.3 is 11.1 Å². The molecule has 2 nitrogen and oxygen atoms in total. The van der Waals surface area contributed by atoms with Gasteiger partial charge >= 0.3 is 0 Å². The normalized spacial score (nSPS) is 15.3. The van der Waals surface area contributed by atoms with Gasteiger partial charge in [0.05, 0.1) is 16.4 Å². The highest BCUT2D eigenvalue weighted by molar-refractivity contribution is 6.31. The maximum absolute atomic E-state index is 13.1. The Morgan fingerprint density at radius 3 is 2.89 bits per heavy atom. The molecule has 1 aromatic carbocycles. The van der Waals surface area contributed by atoms with Gasteiger partial charge in [0, 0.05) is 12.6 Å². The average molecular weight is 269 g/mol. The summed E-state index contributed by atoms with van der Waals surface area (Å²) in [6.07, 6.45) is 8.32. The fraction of sp³-hybridized carbons (Fsp3) is 0.429. The molecule has 0 spiro atoms. The van der Waals surface area contributed by atoms with Crippen LogP contribution in [0.4, 0.5) is 15.8 Å². The highest BCUT2D eigenvalue weighted by Gasteiger charge is 2.07. The third kappa shape index (κ3) is 3.39. The lowest BCUT2D eigenvalue weighted by molar-refractivity contribution is 0.629. The first-order chi connectivity index (χ1) is 8.66. The number of allylic oxidation sites excluding steroid dienone is 1. The standard InChI is InChI=1S/C14H18ClFN2/c15-11-8-14(13(17)9-12(11)16)18-7-6-10-4-2-1-3-5-10/h4,8-9,18H,1-3,5-7,17H2. The number of nitrogens with two attached hydrogens (primary N) is 1. The number of anilines is 2. The molecule has 0 radical (unpaired) electrons. The van der Waals surface area contributed by atoms with Crippen LogP contribution in [0.2, 0.25) is 5.02 Å². The van der Waals surface area contributed by atoms with Crippen LogP contribution in [0, 0.1) is 5.82 Å². The van der Waals surface area contributed by atoms with Gasteiger partial charge in [0.15, 0.2) is 0 Å². The van der Waals surface area contributed by atoms with Gasteiger partial charge in [0.25, 0.3) is 0 Å². The Bertz CT molecular complexity index is 457. The summed E-state index contributed by atoms with van der Waals surface area (Å²) in [5.41, 5.74) is 8.34. The van der Waals surface area contributed by atoms with Crippen molar-refractivity contribution in [3.05, 3.63) is 34.6 Å². The summed E-state index contributed by atoms with van der Waals surface area (Å²) >= 11 is 5.73. The minimum absolute atomic E-state index is 0.101. The lowest BCUT2D eigenvalue weighted by Crippen LogP contribution is -2.06. The molecule has 1 aliphatic rings. The molecule has 0 unspecified atom stereocenters. The smallest absolute Gasteiger partial charge is 0.143 e. The molecule has 98 valence electrons. The number of benzene rings is 1. The summed E-state index contributed by atoms with van der Waals surface area (Å²) in [5, 5.41) is 3.31. The van der Waals surface area contributed by atoms with E-state index < -0.39 is 5.82 Å². The van der Waals surface area contributed by atoms with Crippen molar-refractivity contribution in [3.63, 3.8) is 0 Å². The SMILES string of the molecule is Nc1cc(F)c(Cl)cc1NCCC1=CCCCC1. The van der Waals surface area contributed by atoms with Gasteiger partial charge in [0.1, 0.15) is 5.82 Å². The number of hydrogen-bond acceptors (Lipinski definition) is 2. The molecule has 0 fully saturated rings. The Labute approximate surface area is 112 Å². The van der Waals surface area contributed by atoms with E-state index >= 15 is 0 Å². The third-order valence-electron chi connectivity index (χ3n) is 3.24. The predicted molar refractivity (Wildman–Crippen MR) is 75.5 cm³/mol. The molecule has 0 saturated heterocycles. The van der Waals surface area contributed by atoms with Crippen molar-refractivity contribution >= 4 is 23.0 Å².